The number of fused-ring (bicyclic) bond motifs is 1. The zero-order chi connectivity index (χ0) is 19.5. The maximum absolute atomic E-state index is 11.0. The Labute approximate surface area is 158 Å². The summed E-state index contributed by atoms with van der Waals surface area (Å²) in [6.45, 7) is 6.95. The first-order chi connectivity index (χ1) is 13.1. The Morgan fingerprint density at radius 2 is 1.41 bits per heavy atom. The molecule has 0 aliphatic rings. The van der Waals surface area contributed by atoms with E-state index in [0.29, 0.717) is 12.4 Å². The molecule has 0 amide bonds. The first kappa shape index (κ1) is 19.7. The van der Waals surface area contributed by atoms with Crippen molar-refractivity contribution in [3.8, 4) is 5.75 Å². The summed E-state index contributed by atoms with van der Waals surface area (Å²) in [6.07, 6.45) is 2.30. The van der Waals surface area contributed by atoms with Gasteiger partial charge < -0.3 is 9.47 Å². The quantitative estimate of drug-likeness (QED) is 0.371. The van der Waals surface area contributed by atoms with Gasteiger partial charge in [-0.1, -0.05) is 73.8 Å². The predicted molar refractivity (Wildman–Crippen MR) is 106 cm³/mol. The second kappa shape index (κ2) is 10.4. The van der Waals surface area contributed by atoms with E-state index in [1.54, 1.807) is 6.07 Å². The van der Waals surface area contributed by atoms with Crippen molar-refractivity contribution in [1.29, 1.82) is 0 Å². The molecule has 0 fully saturated rings. The zero-order valence-corrected chi connectivity index (χ0v) is 14.8. The van der Waals surface area contributed by atoms with Crippen LogP contribution in [0.2, 0.25) is 0 Å². The van der Waals surface area contributed by atoms with Crippen LogP contribution in [0.4, 0.5) is 0 Å². The molecule has 3 rings (SSSR count). The van der Waals surface area contributed by atoms with E-state index in [4.69, 9.17) is 9.47 Å². The Morgan fingerprint density at radius 3 is 2.07 bits per heavy atom. The van der Waals surface area contributed by atoms with Crippen LogP contribution in [0.15, 0.2) is 98.1 Å². The number of benzene rings is 3. The minimum atomic E-state index is -0.440. The van der Waals surface area contributed by atoms with Crippen LogP contribution >= 0.6 is 0 Å². The van der Waals surface area contributed by atoms with Gasteiger partial charge in [-0.2, -0.15) is 0 Å². The Hall–Kier alpha value is -3.66. The molecule has 0 aliphatic heterocycles. The van der Waals surface area contributed by atoms with Crippen LogP contribution in [-0.4, -0.2) is 11.9 Å². The highest BCUT2D eigenvalue weighted by Crippen LogP contribution is 2.20. The normalized spacial score (nSPS) is 9.48. The van der Waals surface area contributed by atoms with Gasteiger partial charge in [0.05, 0.1) is 0 Å². The van der Waals surface area contributed by atoms with Crippen molar-refractivity contribution in [2.24, 2.45) is 0 Å². The second-order valence-corrected chi connectivity index (χ2v) is 5.43. The number of rotatable bonds is 5. The highest BCUT2D eigenvalue weighted by molar-refractivity contribution is 5.87. The van der Waals surface area contributed by atoms with Gasteiger partial charge >= 0.3 is 11.9 Å². The molecular formula is C23H20O4. The van der Waals surface area contributed by atoms with Gasteiger partial charge in [0, 0.05) is 12.2 Å². The molecule has 0 saturated carbocycles. The Kier molecular flexibility index (Phi) is 7.54. The van der Waals surface area contributed by atoms with Crippen molar-refractivity contribution in [3.05, 3.63) is 104 Å². The first-order valence-corrected chi connectivity index (χ1v) is 8.28. The van der Waals surface area contributed by atoms with Gasteiger partial charge in [-0.15, -0.1) is 0 Å². The zero-order valence-electron chi connectivity index (χ0n) is 14.8. The molecule has 136 valence electrons. The molecule has 3 aromatic rings. The lowest BCUT2D eigenvalue weighted by molar-refractivity contribution is -0.139. The topological polar surface area (TPSA) is 52.6 Å². The van der Waals surface area contributed by atoms with Gasteiger partial charge in [-0.05, 0) is 28.5 Å². The fourth-order valence-electron chi connectivity index (χ4n) is 2.18. The van der Waals surface area contributed by atoms with E-state index < -0.39 is 5.97 Å². The lowest BCUT2D eigenvalue weighted by Crippen LogP contribution is -2.02. The molecule has 0 aliphatic carbocycles. The number of hydrogen-bond acceptors (Lipinski definition) is 4. The van der Waals surface area contributed by atoms with Crippen LogP contribution in [0.5, 0.6) is 5.75 Å². The Balaban J connectivity index is 0.000000199. The summed E-state index contributed by atoms with van der Waals surface area (Å²) in [7, 11) is 0. The number of ether oxygens (including phenoxy) is 2. The van der Waals surface area contributed by atoms with E-state index >= 15 is 0 Å². The highest BCUT2D eigenvalue weighted by atomic mass is 16.5. The molecule has 0 unspecified atom stereocenters. The van der Waals surface area contributed by atoms with Crippen molar-refractivity contribution in [2.75, 3.05) is 0 Å². The summed E-state index contributed by atoms with van der Waals surface area (Å²) in [5.41, 5.74) is 0.979. The molecule has 0 spiro atoms. The minimum Gasteiger partial charge on any atom is -0.458 e. The van der Waals surface area contributed by atoms with Crippen molar-refractivity contribution >= 4 is 22.7 Å². The number of carbonyl (C=O) groups excluding carboxylic acids is 2. The fourth-order valence-corrected chi connectivity index (χ4v) is 2.18. The van der Waals surface area contributed by atoms with Crippen molar-refractivity contribution < 1.29 is 19.1 Å². The molecule has 0 aromatic heterocycles. The second-order valence-electron chi connectivity index (χ2n) is 5.43. The summed E-state index contributed by atoms with van der Waals surface area (Å²) in [6, 6.07) is 22.9. The third-order valence-electron chi connectivity index (χ3n) is 3.50. The third kappa shape index (κ3) is 6.63. The Bertz CT molecular complexity index is 929. The van der Waals surface area contributed by atoms with Crippen LogP contribution in [-0.2, 0) is 20.9 Å². The van der Waals surface area contributed by atoms with Gasteiger partial charge in [0.1, 0.15) is 12.4 Å². The largest absolute Gasteiger partial charge is 0.458 e. The maximum atomic E-state index is 11.0. The van der Waals surface area contributed by atoms with E-state index in [1.807, 2.05) is 66.7 Å². The molecule has 0 radical (unpaired) electrons. The standard InChI is InChI=1S/C13H10O2.C10H10O2/c1-2-13(14)15-12-8-7-10-5-3-4-6-11(10)9-12;1-2-10(11)12-8-9-6-4-3-5-7-9/h2-9H,1H2;2-7H,1,8H2. The lowest BCUT2D eigenvalue weighted by atomic mass is 10.1. The highest BCUT2D eigenvalue weighted by Gasteiger charge is 2.00. The summed E-state index contributed by atoms with van der Waals surface area (Å²) in [5.74, 6) is -0.289. The van der Waals surface area contributed by atoms with Gasteiger partial charge in [-0.25, -0.2) is 9.59 Å². The van der Waals surface area contributed by atoms with E-state index in [9.17, 15) is 9.59 Å². The van der Waals surface area contributed by atoms with Crippen LogP contribution in [0, 0.1) is 0 Å². The molecule has 4 heteroatoms. The number of carbonyl (C=O) groups is 2. The van der Waals surface area contributed by atoms with Crippen LogP contribution in [0.25, 0.3) is 10.8 Å². The maximum Gasteiger partial charge on any atom is 0.335 e. The van der Waals surface area contributed by atoms with E-state index in [2.05, 4.69) is 13.2 Å². The SMILES string of the molecule is C=CC(=O)OCc1ccccc1.C=CC(=O)Oc1ccc2ccccc2c1. The third-order valence-corrected chi connectivity index (χ3v) is 3.50. The number of esters is 2. The molecule has 0 atom stereocenters. The van der Waals surface area contributed by atoms with Crippen LogP contribution in [0.3, 0.4) is 0 Å². The van der Waals surface area contributed by atoms with Crippen molar-refractivity contribution in [2.45, 2.75) is 6.61 Å². The van der Waals surface area contributed by atoms with Gasteiger partial charge in [0.15, 0.2) is 0 Å². The van der Waals surface area contributed by atoms with Crippen molar-refractivity contribution in [1.82, 2.24) is 0 Å². The van der Waals surface area contributed by atoms with Gasteiger partial charge in [-0.3, -0.25) is 0 Å². The van der Waals surface area contributed by atoms with Crippen LogP contribution in [0.1, 0.15) is 5.56 Å². The molecule has 27 heavy (non-hydrogen) atoms. The average Bonchev–Trinajstić information content (AvgIpc) is 2.73. The lowest BCUT2D eigenvalue weighted by Gasteiger charge is -2.02. The summed E-state index contributed by atoms with van der Waals surface area (Å²) >= 11 is 0. The van der Waals surface area contributed by atoms with Gasteiger partial charge in [0.2, 0.25) is 0 Å². The fraction of sp³-hybridized carbons (Fsp3) is 0.0435. The van der Waals surface area contributed by atoms with Crippen molar-refractivity contribution in [3.63, 3.8) is 0 Å². The molecule has 0 bridgehead atoms. The Morgan fingerprint density at radius 1 is 0.778 bits per heavy atom. The smallest absolute Gasteiger partial charge is 0.335 e. The monoisotopic (exact) mass is 360 g/mol. The molecule has 0 N–H and O–H groups in total. The minimum absolute atomic E-state index is 0.311. The van der Waals surface area contributed by atoms with Gasteiger partial charge in [0.25, 0.3) is 0 Å². The summed E-state index contributed by atoms with van der Waals surface area (Å²) < 4.78 is 9.83. The first-order valence-electron chi connectivity index (χ1n) is 8.28. The summed E-state index contributed by atoms with van der Waals surface area (Å²) in [5, 5.41) is 2.17. The van der Waals surface area contributed by atoms with Crippen LogP contribution < -0.4 is 4.74 Å². The molecular weight excluding hydrogens is 340 g/mol. The van der Waals surface area contributed by atoms with E-state index in [0.717, 1.165) is 28.5 Å². The summed E-state index contributed by atoms with van der Waals surface area (Å²) in [4.78, 5) is 21.6. The molecule has 4 nitrogen and oxygen atoms in total. The molecule has 0 heterocycles. The van der Waals surface area contributed by atoms with E-state index in [-0.39, 0.29) is 5.97 Å². The number of hydrogen-bond donors (Lipinski definition) is 0. The predicted octanol–water partition coefficient (Wildman–Crippen LogP) is 4.85. The van der Waals surface area contributed by atoms with E-state index in [1.165, 1.54) is 0 Å². The molecule has 0 saturated heterocycles. The average molecular weight is 360 g/mol. The molecule has 3 aromatic carbocycles.